The minimum absolute atomic E-state index is 0.232. The standard InChI is InChI=1S/C18H34NO9P/c1-2-3-4-5-6-7-8-9-10-11-12-17(22)26-15-27-18(23)19-14-29(24,25)28-13-16(20)21/h2-15H2,1H3,(H,19,23)(H,20,21)(H,24,25). The minimum atomic E-state index is -4.29. The summed E-state index contributed by atoms with van der Waals surface area (Å²) >= 11 is 0. The Hall–Kier alpha value is -1.64. The highest BCUT2D eigenvalue weighted by Crippen LogP contribution is 2.39. The topological polar surface area (TPSA) is 148 Å². The van der Waals surface area contributed by atoms with Crippen LogP contribution in [0.2, 0.25) is 0 Å². The Morgan fingerprint density at radius 2 is 1.45 bits per heavy atom. The van der Waals surface area contributed by atoms with Crippen LogP contribution in [-0.2, 0) is 28.2 Å². The molecular formula is C18H34NO9P. The summed E-state index contributed by atoms with van der Waals surface area (Å²) in [6.07, 6.45) is 9.82. The van der Waals surface area contributed by atoms with Gasteiger partial charge in [-0.15, -0.1) is 0 Å². The Morgan fingerprint density at radius 3 is 2.00 bits per heavy atom. The van der Waals surface area contributed by atoms with Crippen LogP contribution in [0, 0.1) is 0 Å². The first-order chi connectivity index (χ1) is 13.8. The van der Waals surface area contributed by atoms with Gasteiger partial charge in [0.25, 0.3) is 0 Å². The van der Waals surface area contributed by atoms with Crippen LogP contribution in [0.5, 0.6) is 0 Å². The van der Waals surface area contributed by atoms with Gasteiger partial charge in [0.15, 0.2) is 6.61 Å². The number of hydrogen-bond donors (Lipinski definition) is 3. The van der Waals surface area contributed by atoms with E-state index in [1.807, 2.05) is 5.32 Å². The van der Waals surface area contributed by atoms with E-state index in [4.69, 9.17) is 9.84 Å². The molecule has 170 valence electrons. The third-order valence-corrected chi connectivity index (χ3v) is 5.05. The highest BCUT2D eigenvalue weighted by Gasteiger charge is 2.22. The van der Waals surface area contributed by atoms with Crippen LogP contribution in [-0.4, -0.2) is 47.7 Å². The van der Waals surface area contributed by atoms with Gasteiger partial charge in [0, 0.05) is 6.42 Å². The molecule has 0 heterocycles. The van der Waals surface area contributed by atoms with E-state index in [0.717, 1.165) is 19.3 Å². The quantitative estimate of drug-likeness (QED) is 0.126. The third-order valence-electron chi connectivity index (χ3n) is 3.96. The fraction of sp³-hybridized carbons (Fsp3) is 0.833. The zero-order valence-electron chi connectivity index (χ0n) is 17.1. The van der Waals surface area contributed by atoms with Crippen LogP contribution in [0.1, 0.15) is 77.6 Å². The zero-order valence-corrected chi connectivity index (χ0v) is 18.0. The molecule has 0 saturated heterocycles. The SMILES string of the molecule is CCCCCCCCCCCCC(=O)OCOC(=O)NCP(=O)(O)OCC(=O)O. The molecule has 1 amide bonds. The maximum atomic E-state index is 11.5. The molecule has 0 aliphatic rings. The number of ether oxygens (including phenoxy) is 2. The molecule has 0 aromatic heterocycles. The molecule has 1 unspecified atom stereocenters. The zero-order chi connectivity index (χ0) is 22.0. The van der Waals surface area contributed by atoms with Crippen molar-refractivity contribution in [3.63, 3.8) is 0 Å². The van der Waals surface area contributed by atoms with Crippen molar-refractivity contribution in [1.29, 1.82) is 0 Å². The molecule has 0 rings (SSSR count). The molecule has 0 fully saturated rings. The molecule has 0 aliphatic carbocycles. The van der Waals surface area contributed by atoms with Gasteiger partial charge in [-0.1, -0.05) is 64.7 Å². The number of esters is 1. The van der Waals surface area contributed by atoms with Gasteiger partial charge in [0.1, 0.15) is 6.29 Å². The van der Waals surface area contributed by atoms with Crippen molar-refractivity contribution >= 4 is 25.6 Å². The lowest BCUT2D eigenvalue weighted by atomic mass is 10.1. The average Bonchev–Trinajstić information content (AvgIpc) is 2.66. The monoisotopic (exact) mass is 439 g/mol. The van der Waals surface area contributed by atoms with Crippen LogP contribution in [0.15, 0.2) is 0 Å². The number of unbranched alkanes of at least 4 members (excludes halogenated alkanes) is 9. The van der Waals surface area contributed by atoms with Gasteiger partial charge in [-0.2, -0.15) is 0 Å². The summed E-state index contributed by atoms with van der Waals surface area (Å²) in [7, 11) is -4.29. The van der Waals surface area contributed by atoms with Crippen LogP contribution in [0.4, 0.5) is 4.79 Å². The number of nitrogens with one attached hydrogen (secondary N) is 1. The minimum Gasteiger partial charge on any atom is -0.480 e. The van der Waals surface area contributed by atoms with Crippen molar-refractivity contribution in [2.75, 3.05) is 19.7 Å². The number of carbonyl (C=O) groups is 3. The van der Waals surface area contributed by atoms with Crippen molar-refractivity contribution in [3.05, 3.63) is 0 Å². The number of hydrogen-bond acceptors (Lipinski definition) is 7. The molecule has 0 saturated carbocycles. The molecule has 0 bridgehead atoms. The summed E-state index contributed by atoms with van der Waals surface area (Å²) in [6, 6.07) is 0. The number of aliphatic carboxylic acids is 1. The highest BCUT2D eigenvalue weighted by atomic mass is 31.2. The number of carbonyl (C=O) groups excluding carboxylic acids is 2. The van der Waals surface area contributed by atoms with Gasteiger partial charge in [-0.3, -0.25) is 13.9 Å². The first kappa shape index (κ1) is 27.4. The van der Waals surface area contributed by atoms with Crippen LogP contribution in [0.3, 0.4) is 0 Å². The maximum absolute atomic E-state index is 11.5. The molecule has 0 aromatic rings. The van der Waals surface area contributed by atoms with Crippen molar-refractivity contribution in [2.45, 2.75) is 77.6 Å². The second kappa shape index (κ2) is 17.2. The summed E-state index contributed by atoms with van der Waals surface area (Å²) in [5.41, 5.74) is 0. The number of alkyl carbamates (subject to hydrolysis) is 1. The van der Waals surface area contributed by atoms with Crippen molar-refractivity contribution in [2.24, 2.45) is 0 Å². The molecule has 29 heavy (non-hydrogen) atoms. The van der Waals surface area contributed by atoms with Gasteiger partial charge in [0.05, 0.1) is 0 Å². The summed E-state index contributed by atoms with van der Waals surface area (Å²) in [5.74, 6) is -1.91. The Bertz CT molecular complexity index is 527. The molecular weight excluding hydrogens is 405 g/mol. The number of carboxylic acid groups (broad SMARTS) is 1. The summed E-state index contributed by atoms with van der Waals surface area (Å²) in [6.45, 7) is 0.610. The summed E-state index contributed by atoms with van der Waals surface area (Å²) in [5, 5.41) is 10.3. The van der Waals surface area contributed by atoms with Crippen LogP contribution < -0.4 is 5.32 Å². The van der Waals surface area contributed by atoms with E-state index in [2.05, 4.69) is 16.2 Å². The van der Waals surface area contributed by atoms with Crippen molar-refractivity contribution in [3.8, 4) is 0 Å². The van der Waals surface area contributed by atoms with Gasteiger partial charge in [0.2, 0.25) is 6.79 Å². The Labute approximate surface area is 171 Å². The lowest BCUT2D eigenvalue weighted by molar-refractivity contribution is -0.152. The third kappa shape index (κ3) is 19.4. The molecule has 11 heteroatoms. The Kier molecular flexibility index (Phi) is 16.3. The molecule has 10 nitrogen and oxygen atoms in total. The van der Waals surface area contributed by atoms with E-state index in [1.165, 1.54) is 38.5 Å². The van der Waals surface area contributed by atoms with Crippen molar-refractivity contribution in [1.82, 2.24) is 5.32 Å². The van der Waals surface area contributed by atoms with E-state index in [0.29, 0.717) is 6.42 Å². The van der Waals surface area contributed by atoms with E-state index in [9.17, 15) is 23.8 Å². The predicted octanol–water partition coefficient (Wildman–Crippen LogP) is 3.77. The van der Waals surface area contributed by atoms with Gasteiger partial charge in [-0.25, -0.2) is 9.59 Å². The van der Waals surface area contributed by atoms with E-state index in [1.54, 1.807) is 0 Å². The summed E-state index contributed by atoms with van der Waals surface area (Å²) in [4.78, 5) is 42.4. The largest absolute Gasteiger partial charge is 0.480 e. The Morgan fingerprint density at radius 1 is 0.897 bits per heavy atom. The molecule has 0 aliphatic heterocycles. The molecule has 0 aromatic carbocycles. The first-order valence-electron chi connectivity index (χ1n) is 10.0. The second-order valence-corrected chi connectivity index (χ2v) is 8.49. The lowest BCUT2D eigenvalue weighted by Gasteiger charge is -2.12. The first-order valence-corrected chi connectivity index (χ1v) is 11.8. The number of amides is 1. The van der Waals surface area contributed by atoms with Crippen molar-refractivity contribution < 1.29 is 42.9 Å². The summed E-state index contributed by atoms with van der Waals surface area (Å²) < 4.78 is 24.9. The van der Waals surface area contributed by atoms with Crippen LogP contribution >= 0.6 is 7.60 Å². The second-order valence-electron chi connectivity index (χ2n) is 6.64. The molecule has 0 radical (unpaired) electrons. The number of carboxylic acids is 1. The lowest BCUT2D eigenvalue weighted by Crippen LogP contribution is -2.27. The van der Waals surface area contributed by atoms with E-state index in [-0.39, 0.29) is 6.42 Å². The fourth-order valence-electron chi connectivity index (χ4n) is 2.39. The van der Waals surface area contributed by atoms with Crippen LogP contribution in [0.25, 0.3) is 0 Å². The molecule has 0 spiro atoms. The normalized spacial score (nSPS) is 12.8. The smallest absolute Gasteiger partial charge is 0.410 e. The molecule has 1 atom stereocenters. The van der Waals surface area contributed by atoms with E-state index >= 15 is 0 Å². The number of rotatable bonds is 18. The van der Waals surface area contributed by atoms with Gasteiger partial charge >= 0.3 is 25.6 Å². The fourth-order valence-corrected chi connectivity index (χ4v) is 3.13. The van der Waals surface area contributed by atoms with Gasteiger partial charge < -0.3 is 24.8 Å². The average molecular weight is 439 g/mol. The van der Waals surface area contributed by atoms with E-state index < -0.39 is 45.3 Å². The predicted molar refractivity (Wildman–Crippen MR) is 105 cm³/mol. The highest BCUT2D eigenvalue weighted by molar-refractivity contribution is 7.52. The van der Waals surface area contributed by atoms with Gasteiger partial charge in [-0.05, 0) is 6.42 Å². The molecule has 3 N–H and O–H groups in total. The Balaban J connectivity index is 3.58. The maximum Gasteiger partial charge on any atom is 0.410 e.